The van der Waals surface area contributed by atoms with E-state index >= 15 is 0 Å². The van der Waals surface area contributed by atoms with Crippen molar-refractivity contribution < 1.29 is 29.0 Å². The van der Waals surface area contributed by atoms with Gasteiger partial charge in [-0.15, -0.1) is 0 Å². The Balaban J connectivity index is 2.34. The first-order valence-electron chi connectivity index (χ1n) is 6.94. The first kappa shape index (κ1) is 18.4. The maximum absolute atomic E-state index is 11.7. The van der Waals surface area contributed by atoms with Gasteiger partial charge in [-0.05, 0) is 12.5 Å². The molecular formula is C15H20N2O6. The van der Waals surface area contributed by atoms with Gasteiger partial charge in [0.25, 0.3) is 0 Å². The van der Waals surface area contributed by atoms with Crippen molar-refractivity contribution >= 4 is 18.0 Å². The fourth-order valence-corrected chi connectivity index (χ4v) is 1.65. The Morgan fingerprint density at radius 3 is 2.43 bits per heavy atom. The number of nitrogens with one attached hydrogen (secondary N) is 2. The topological polar surface area (TPSA) is 114 Å². The molecule has 2 atom stereocenters. The lowest BCUT2D eigenvalue weighted by atomic mass is 10.2. The molecule has 2 amide bonds. The van der Waals surface area contributed by atoms with Crippen molar-refractivity contribution in [2.45, 2.75) is 25.7 Å². The number of rotatable bonds is 7. The van der Waals surface area contributed by atoms with E-state index in [2.05, 4.69) is 15.4 Å². The average molecular weight is 324 g/mol. The van der Waals surface area contributed by atoms with Gasteiger partial charge in [-0.2, -0.15) is 0 Å². The van der Waals surface area contributed by atoms with Crippen molar-refractivity contribution in [2.24, 2.45) is 0 Å². The predicted molar refractivity (Wildman–Crippen MR) is 80.3 cm³/mol. The largest absolute Gasteiger partial charge is 0.467 e. The van der Waals surface area contributed by atoms with Crippen LogP contribution in [0.2, 0.25) is 0 Å². The molecule has 126 valence electrons. The highest BCUT2D eigenvalue weighted by Crippen LogP contribution is 2.00. The van der Waals surface area contributed by atoms with Crippen LogP contribution >= 0.6 is 0 Å². The number of aliphatic hydroxyl groups excluding tert-OH is 1. The van der Waals surface area contributed by atoms with Crippen molar-refractivity contribution in [1.82, 2.24) is 10.6 Å². The number of ether oxygens (including phenoxy) is 2. The van der Waals surface area contributed by atoms with Crippen LogP contribution in [0, 0.1) is 0 Å². The number of carbonyl (C=O) groups excluding carboxylic acids is 3. The van der Waals surface area contributed by atoms with Crippen LogP contribution in [0.5, 0.6) is 0 Å². The molecule has 3 N–H and O–H groups in total. The van der Waals surface area contributed by atoms with Gasteiger partial charge in [-0.25, -0.2) is 9.59 Å². The minimum absolute atomic E-state index is 0.0761. The first-order valence-corrected chi connectivity index (χ1v) is 6.94. The normalized spacial score (nSPS) is 12.7. The highest BCUT2D eigenvalue weighted by atomic mass is 16.5. The molecule has 1 aromatic rings. The van der Waals surface area contributed by atoms with E-state index in [0.29, 0.717) is 0 Å². The number of methoxy groups -OCH3 is 1. The zero-order chi connectivity index (χ0) is 17.2. The molecule has 0 unspecified atom stereocenters. The fourth-order valence-electron chi connectivity index (χ4n) is 1.65. The lowest BCUT2D eigenvalue weighted by molar-refractivity contribution is -0.147. The summed E-state index contributed by atoms with van der Waals surface area (Å²) in [5, 5.41) is 13.9. The summed E-state index contributed by atoms with van der Waals surface area (Å²) in [7, 11) is 1.14. The third kappa shape index (κ3) is 6.79. The number of carbonyl (C=O) groups is 3. The van der Waals surface area contributed by atoms with Crippen LogP contribution in [-0.2, 0) is 25.7 Å². The summed E-state index contributed by atoms with van der Waals surface area (Å²) >= 11 is 0. The quantitative estimate of drug-likeness (QED) is 0.606. The number of hydrogen-bond donors (Lipinski definition) is 3. The second kappa shape index (κ2) is 9.42. The Kier molecular flexibility index (Phi) is 7.55. The number of benzene rings is 1. The molecular weight excluding hydrogens is 304 g/mol. The van der Waals surface area contributed by atoms with E-state index in [1.54, 1.807) is 12.1 Å². The Morgan fingerprint density at radius 2 is 1.87 bits per heavy atom. The van der Waals surface area contributed by atoms with Crippen LogP contribution in [0.15, 0.2) is 30.3 Å². The summed E-state index contributed by atoms with van der Waals surface area (Å²) in [6.07, 6.45) is -1.90. The molecule has 1 aromatic carbocycles. The molecule has 0 saturated carbocycles. The van der Waals surface area contributed by atoms with Crippen molar-refractivity contribution in [1.29, 1.82) is 0 Å². The maximum atomic E-state index is 11.7. The van der Waals surface area contributed by atoms with Gasteiger partial charge in [0, 0.05) is 0 Å². The monoisotopic (exact) mass is 324 g/mol. The van der Waals surface area contributed by atoms with Crippen LogP contribution < -0.4 is 10.6 Å². The molecule has 1 rings (SSSR count). The third-order valence-corrected chi connectivity index (χ3v) is 2.86. The highest BCUT2D eigenvalue weighted by Gasteiger charge is 2.26. The molecule has 0 spiro atoms. The zero-order valence-electron chi connectivity index (χ0n) is 12.9. The van der Waals surface area contributed by atoms with Crippen LogP contribution in [0.4, 0.5) is 4.79 Å². The molecule has 8 nitrogen and oxygen atoms in total. The second-order valence-corrected chi connectivity index (χ2v) is 4.72. The highest BCUT2D eigenvalue weighted by molar-refractivity contribution is 5.87. The van der Waals surface area contributed by atoms with E-state index in [1.165, 1.54) is 6.92 Å². The number of hydrogen-bond acceptors (Lipinski definition) is 6. The van der Waals surface area contributed by atoms with Crippen molar-refractivity contribution in [3.63, 3.8) is 0 Å². The molecule has 0 aliphatic rings. The lowest BCUT2D eigenvalue weighted by Gasteiger charge is -2.18. The van der Waals surface area contributed by atoms with Gasteiger partial charge in [0.05, 0.1) is 13.2 Å². The van der Waals surface area contributed by atoms with Gasteiger partial charge in [-0.3, -0.25) is 4.79 Å². The first-order chi connectivity index (χ1) is 10.9. The van der Waals surface area contributed by atoms with Crippen molar-refractivity contribution in [3.8, 4) is 0 Å². The number of aliphatic hydroxyl groups is 1. The Bertz CT molecular complexity index is 532. The van der Waals surface area contributed by atoms with Gasteiger partial charge in [0.1, 0.15) is 13.2 Å². The SMILES string of the molecule is COC(=O)[C@@H](NC(=O)CNC(=O)OCc1ccccc1)[C@H](C)O. The maximum Gasteiger partial charge on any atom is 0.407 e. The Hall–Kier alpha value is -2.61. The number of esters is 1. The van der Waals surface area contributed by atoms with Crippen LogP contribution in [0.1, 0.15) is 12.5 Å². The zero-order valence-corrected chi connectivity index (χ0v) is 12.9. The molecule has 0 aromatic heterocycles. The molecule has 0 saturated heterocycles. The molecule has 0 aliphatic carbocycles. The van der Waals surface area contributed by atoms with E-state index in [-0.39, 0.29) is 6.61 Å². The molecule has 0 radical (unpaired) electrons. The minimum atomic E-state index is -1.20. The molecule has 0 heterocycles. The number of amides is 2. The van der Waals surface area contributed by atoms with E-state index < -0.39 is 36.7 Å². The number of alkyl carbamates (subject to hydrolysis) is 1. The van der Waals surface area contributed by atoms with Gasteiger partial charge in [0.15, 0.2) is 6.04 Å². The van der Waals surface area contributed by atoms with Gasteiger partial charge >= 0.3 is 12.1 Å². The molecule has 0 aliphatic heterocycles. The summed E-state index contributed by atoms with van der Waals surface area (Å²) in [5.74, 6) is -1.43. The Labute approximate surface area is 133 Å². The molecule has 8 heteroatoms. The van der Waals surface area contributed by atoms with Gasteiger partial charge in [0.2, 0.25) is 5.91 Å². The van der Waals surface area contributed by atoms with E-state index in [0.717, 1.165) is 12.7 Å². The predicted octanol–water partition coefficient (Wildman–Crippen LogP) is -0.0486. The third-order valence-electron chi connectivity index (χ3n) is 2.86. The van der Waals surface area contributed by atoms with Crippen LogP contribution in [0.3, 0.4) is 0 Å². The summed E-state index contributed by atoms with van der Waals surface area (Å²) in [4.78, 5) is 34.5. The van der Waals surface area contributed by atoms with Gasteiger partial charge in [-0.1, -0.05) is 30.3 Å². The lowest BCUT2D eigenvalue weighted by Crippen LogP contribution is -2.51. The summed E-state index contributed by atoms with van der Waals surface area (Å²) in [5.41, 5.74) is 0.812. The molecule has 0 bridgehead atoms. The van der Waals surface area contributed by atoms with Crippen LogP contribution in [0.25, 0.3) is 0 Å². The van der Waals surface area contributed by atoms with E-state index in [4.69, 9.17) is 4.74 Å². The summed E-state index contributed by atoms with van der Waals surface area (Å²) in [6.45, 7) is 1.02. The smallest absolute Gasteiger partial charge is 0.407 e. The minimum Gasteiger partial charge on any atom is -0.467 e. The van der Waals surface area contributed by atoms with Gasteiger partial charge < -0.3 is 25.2 Å². The Morgan fingerprint density at radius 1 is 1.22 bits per heavy atom. The standard InChI is InChI=1S/C15H20N2O6/c1-10(18)13(14(20)22-2)17-12(19)8-16-15(21)23-9-11-6-4-3-5-7-11/h3-7,10,13,18H,8-9H2,1-2H3,(H,16,21)(H,17,19)/t10-,13-/m0/s1. The second-order valence-electron chi connectivity index (χ2n) is 4.72. The van der Waals surface area contributed by atoms with E-state index in [9.17, 15) is 19.5 Å². The average Bonchev–Trinajstić information content (AvgIpc) is 2.55. The summed E-state index contributed by atoms with van der Waals surface area (Å²) < 4.78 is 9.39. The van der Waals surface area contributed by atoms with Crippen LogP contribution in [-0.4, -0.2) is 48.9 Å². The molecule has 0 fully saturated rings. The van der Waals surface area contributed by atoms with Crippen molar-refractivity contribution in [3.05, 3.63) is 35.9 Å². The fraction of sp³-hybridized carbons (Fsp3) is 0.400. The van der Waals surface area contributed by atoms with Crippen molar-refractivity contribution in [2.75, 3.05) is 13.7 Å². The molecule has 23 heavy (non-hydrogen) atoms. The van der Waals surface area contributed by atoms with E-state index in [1.807, 2.05) is 18.2 Å². The summed E-state index contributed by atoms with van der Waals surface area (Å²) in [6, 6.07) is 7.86.